The van der Waals surface area contributed by atoms with Crippen LogP contribution in [0.4, 0.5) is 11.4 Å². The Kier molecular flexibility index (Phi) is 12.4. The zero-order valence-electron chi connectivity index (χ0n) is 32.9. The van der Waals surface area contributed by atoms with Crippen LogP contribution in [0.3, 0.4) is 0 Å². The van der Waals surface area contributed by atoms with Crippen LogP contribution in [-0.2, 0) is 9.59 Å². The Morgan fingerprint density at radius 3 is 1.93 bits per heavy atom. The Morgan fingerprint density at radius 1 is 0.492 bits per heavy atom. The Balaban J connectivity index is 0.982. The van der Waals surface area contributed by atoms with E-state index in [4.69, 9.17) is 4.74 Å². The molecule has 0 aliphatic heterocycles. The predicted molar refractivity (Wildman–Crippen MR) is 243 cm³/mol. The van der Waals surface area contributed by atoms with Gasteiger partial charge in [-0.2, -0.15) is 0 Å². The van der Waals surface area contributed by atoms with Crippen molar-refractivity contribution in [3.05, 3.63) is 193 Å². The van der Waals surface area contributed by atoms with Gasteiger partial charge < -0.3 is 26.0 Å². The number of nitrogens with one attached hydrogen (secondary N) is 4. The van der Waals surface area contributed by atoms with Crippen molar-refractivity contribution in [2.45, 2.75) is 16.2 Å². The average molecular weight is 821 g/mol. The Morgan fingerprint density at radius 2 is 1.13 bits per heavy atom. The van der Waals surface area contributed by atoms with Crippen LogP contribution in [0.25, 0.3) is 32.7 Å². The fraction of sp³-hybridized carbons (Fsp3) is 0.0588. The van der Waals surface area contributed by atoms with Gasteiger partial charge in [0.25, 0.3) is 11.8 Å². The van der Waals surface area contributed by atoms with Gasteiger partial charge in [0, 0.05) is 33.9 Å². The van der Waals surface area contributed by atoms with Crippen molar-refractivity contribution in [1.29, 1.82) is 0 Å². The van der Waals surface area contributed by atoms with Crippen molar-refractivity contribution in [3.8, 4) is 22.6 Å². The van der Waals surface area contributed by atoms with E-state index < -0.39 is 5.91 Å². The van der Waals surface area contributed by atoms with Crippen molar-refractivity contribution < 1.29 is 23.9 Å². The van der Waals surface area contributed by atoms with Gasteiger partial charge in [-0.25, -0.2) is 0 Å². The van der Waals surface area contributed by atoms with E-state index in [1.54, 1.807) is 30.0 Å². The molecule has 0 spiro atoms. The topological polar surface area (TPSA) is 126 Å². The summed E-state index contributed by atoms with van der Waals surface area (Å²) in [5.74, 6) is -0.377. The van der Waals surface area contributed by atoms with E-state index in [-0.39, 0.29) is 37.2 Å². The molecule has 8 aromatic rings. The van der Waals surface area contributed by atoms with Crippen LogP contribution in [0.1, 0.15) is 27.1 Å². The third kappa shape index (κ3) is 9.96. The molecule has 0 fully saturated rings. The van der Waals surface area contributed by atoms with E-state index in [2.05, 4.69) is 21.3 Å². The summed E-state index contributed by atoms with van der Waals surface area (Å²) in [5.41, 5.74) is 3.49. The maximum atomic E-state index is 13.9. The second-order valence-corrected chi connectivity index (χ2v) is 15.2. The lowest BCUT2D eigenvalue weighted by molar-refractivity contribution is -0.116. The summed E-state index contributed by atoms with van der Waals surface area (Å²) in [4.78, 5) is 55.3. The van der Waals surface area contributed by atoms with Gasteiger partial charge in [-0.05, 0) is 99.4 Å². The molecule has 0 aromatic heterocycles. The molecule has 0 atom stereocenters. The molecule has 0 heterocycles. The standard InChI is InChI=1S/C51H40N4O5S/c56-48(28-29-52-50(58)42-23-13-16-34-14-7-9-21-40(34)42)54-44-27-26-35(32-46(44)60-38-17-3-1-4-18-38)37-30-36-15-8-10-22-41(36)43(31-37)51(59)53-33-49(57)55-45-24-11-12-25-47(45)61-39-19-5-2-6-20-39/h1-27,30-32H,28-29,33H2,(H,52,58)(H,53,59)(H,54,56)(H,55,57). The quantitative estimate of drug-likeness (QED) is 0.0866. The molecule has 0 bridgehead atoms. The first-order chi connectivity index (χ1) is 29.9. The molecular weight excluding hydrogens is 781 g/mol. The zero-order chi connectivity index (χ0) is 42.0. The maximum absolute atomic E-state index is 13.9. The van der Waals surface area contributed by atoms with Gasteiger partial charge in [0.2, 0.25) is 11.8 Å². The van der Waals surface area contributed by atoms with Crippen LogP contribution in [0.15, 0.2) is 192 Å². The SMILES string of the molecule is O=C(CCNC(=O)c1cccc2ccccc12)Nc1ccc(-c2cc(C(=O)NCC(=O)Nc3ccccc3Sc3ccccc3)c3ccccc3c2)cc1Oc1ccccc1. The lowest BCUT2D eigenvalue weighted by Gasteiger charge is -2.16. The van der Waals surface area contributed by atoms with Crippen LogP contribution < -0.4 is 26.0 Å². The fourth-order valence-electron chi connectivity index (χ4n) is 6.92. The monoisotopic (exact) mass is 820 g/mol. The summed E-state index contributed by atoms with van der Waals surface area (Å²) >= 11 is 1.54. The molecule has 0 unspecified atom stereocenters. The van der Waals surface area contributed by atoms with Crippen LogP contribution >= 0.6 is 11.8 Å². The second-order valence-electron chi connectivity index (χ2n) is 14.1. The van der Waals surface area contributed by atoms with Gasteiger partial charge >= 0.3 is 0 Å². The van der Waals surface area contributed by atoms with Crippen LogP contribution in [0, 0.1) is 0 Å². The Bertz CT molecular complexity index is 2880. The fourth-order valence-corrected chi connectivity index (χ4v) is 7.84. The molecule has 8 rings (SSSR count). The van der Waals surface area contributed by atoms with Gasteiger partial charge in [0.15, 0.2) is 5.75 Å². The number of carbonyl (C=O) groups is 4. The van der Waals surface area contributed by atoms with Crippen LogP contribution in [-0.4, -0.2) is 36.7 Å². The van der Waals surface area contributed by atoms with E-state index >= 15 is 0 Å². The number of ether oxygens (including phenoxy) is 1. The highest BCUT2D eigenvalue weighted by molar-refractivity contribution is 7.99. The molecule has 0 saturated carbocycles. The number of hydrogen-bond donors (Lipinski definition) is 4. The van der Waals surface area contributed by atoms with Crippen LogP contribution in [0.2, 0.25) is 0 Å². The average Bonchev–Trinajstić information content (AvgIpc) is 3.29. The minimum absolute atomic E-state index is 0.0311. The molecule has 61 heavy (non-hydrogen) atoms. The molecular formula is C51H40N4O5S. The number of rotatable bonds is 14. The zero-order valence-corrected chi connectivity index (χ0v) is 33.7. The Labute approximate surface area is 357 Å². The second kappa shape index (κ2) is 18.9. The van der Waals surface area contributed by atoms with Gasteiger partial charge in [-0.15, -0.1) is 0 Å². The first kappa shape index (κ1) is 40.1. The molecule has 0 saturated heterocycles. The molecule has 4 amide bonds. The summed E-state index contributed by atoms with van der Waals surface area (Å²) in [6.45, 7) is -0.108. The number of benzene rings is 8. The highest BCUT2D eigenvalue weighted by Crippen LogP contribution is 2.37. The number of anilines is 2. The van der Waals surface area contributed by atoms with E-state index in [1.165, 1.54) is 0 Å². The number of amides is 4. The van der Waals surface area contributed by atoms with Crippen molar-refractivity contribution >= 4 is 68.3 Å². The summed E-state index contributed by atoms with van der Waals surface area (Å²) < 4.78 is 6.32. The summed E-state index contributed by atoms with van der Waals surface area (Å²) in [6, 6.07) is 56.7. The molecule has 0 aliphatic rings. The highest BCUT2D eigenvalue weighted by atomic mass is 32.2. The largest absolute Gasteiger partial charge is 0.455 e. The van der Waals surface area contributed by atoms with Crippen LogP contribution in [0.5, 0.6) is 11.5 Å². The first-order valence-corrected chi connectivity index (χ1v) is 20.6. The minimum atomic E-state index is -0.405. The van der Waals surface area contributed by atoms with Gasteiger partial charge in [-0.3, -0.25) is 19.2 Å². The van der Waals surface area contributed by atoms with Gasteiger partial charge in [0.1, 0.15) is 5.75 Å². The highest BCUT2D eigenvalue weighted by Gasteiger charge is 2.18. The number of para-hydroxylation sites is 2. The smallest absolute Gasteiger partial charge is 0.252 e. The Hall–Kier alpha value is -7.69. The van der Waals surface area contributed by atoms with E-state index in [9.17, 15) is 19.2 Å². The van der Waals surface area contributed by atoms with Crippen molar-refractivity contribution in [2.75, 3.05) is 23.7 Å². The van der Waals surface area contributed by atoms with Crippen molar-refractivity contribution in [3.63, 3.8) is 0 Å². The molecule has 0 aliphatic carbocycles. The summed E-state index contributed by atoms with van der Waals surface area (Å²) in [7, 11) is 0. The molecule has 0 radical (unpaired) electrons. The molecule has 4 N–H and O–H groups in total. The van der Waals surface area contributed by atoms with E-state index in [0.717, 1.165) is 42.5 Å². The molecule has 10 heteroatoms. The molecule has 8 aromatic carbocycles. The number of hydrogen-bond acceptors (Lipinski definition) is 6. The van der Waals surface area contributed by atoms with E-state index in [0.29, 0.717) is 34.0 Å². The summed E-state index contributed by atoms with van der Waals surface area (Å²) in [5, 5.41) is 14.9. The third-order valence-corrected chi connectivity index (χ3v) is 11.0. The molecule has 9 nitrogen and oxygen atoms in total. The van der Waals surface area contributed by atoms with E-state index in [1.807, 2.05) is 164 Å². The normalized spacial score (nSPS) is 10.8. The van der Waals surface area contributed by atoms with Gasteiger partial charge in [-0.1, -0.05) is 127 Å². The minimum Gasteiger partial charge on any atom is -0.455 e. The number of carbonyl (C=O) groups excluding carboxylic acids is 4. The lowest BCUT2D eigenvalue weighted by Crippen LogP contribution is -2.33. The summed E-state index contributed by atoms with van der Waals surface area (Å²) in [6.07, 6.45) is 0.0311. The number of fused-ring (bicyclic) bond motifs is 2. The van der Waals surface area contributed by atoms with Crippen molar-refractivity contribution in [1.82, 2.24) is 10.6 Å². The third-order valence-electron chi connectivity index (χ3n) is 9.88. The lowest BCUT2D eigenvalue weighted by atomic mass is 9.96. The maximum Gasteiger partial charge on any atom is 0.252 e. The molecule has 300 valence electrons. The van der Waals surface area contributed by atoms with Gasteiger partial charge in [0.05, 0.1) is 17.9 Å². The van der Waals surface area contributed by atoms with Crippen molar-refractivity contribution in [2.24, 2.45) is 0 Å². The first-order valence-electron chi connectivity index (χ1n) is 19.7. The predicted octanol–water partition coefficient (Wildman–Crippen LogP) is 10.7.